The van der Waals surface area contributed by atoms with Gasteiger partial charge in [-0.1, -0.05) is 32.6 Å². The number of rotatable bonds is 10. The number of benzene rings is 1. The summed E-state index contributed by atoms with van der Waals surface area (Å²) in [7, 11) is 0. The second-order valence-corrected chi connectivity index (χ2v) is 7.01. The van der Waals surface area contributed by atoms with Gasteiger partial charge in [-0.15, -0.1) is 0 Å². The SMILES string of the molecule is CCCCCCCOC1CCC(C(=O)Oc2ccc(C(=O)O)cc2)CC1. The van der Waals surface area contributed by atoms with Crippen LogP contribution in [0.5, 0.6) is 5.75 Å². The van der Waals surface area contributed by atoms with Crippen molar-refractivity contribution in [2.75, 3.05) is 6.61 Å². The summed E-state index contributed by atoms with van der Waals surface area (Å²) in [5.41, 5.74) is 0.178. The van der Waals surface area contributed by atoms with Crippen LogP contribution in [-0.2, 0) is 9.53 Å². The van der Waals surface area contributed by atoms with Crippen LogP contribution >= 0.6 is 0 Å². The van der Waals surface area contributed by atoms with Crippen molar-refractivity contribution in [3.63, 3.8) is 0 Å². The molecule has 5 nitrogen and oxygen atoms in total. The summed E-state index contributed by atoms with van der Waals surface area (Å²) in [5, 5.41) is 8.88. The largest absolute Gasteiger partial charge is 0.478 e. The summed E-state index contributed by atoms with van der Waals surface area (Å²) >= 11 is 0. The fraction of sp³-hybridized carbons (Fsp3) is 0.619. The molecule has 0 saturated heterocycles. The molecule has 1 aliphatic rings. The lowest BCUT2D eigenvalue weighted by molar-refractivity contribution is -0.141. The van der Waals surface area contributed by atoms with E-state index in [0.29, 0.717) is 5.75 Å². The number of carbonyl (C=O) groups excluding carboxylic acids is 1. The van der Waals surface area contributed by atoms with E-state index in [0.717, 1.165) is 38.7 Å². The second kappa shape index (κ2) is 11.0. The minimum Gasteiger partial charge on any atom is -0.478 e. The normalized spacial score (nSPS) is 19.9. The highest BCUT2D eigenvalue weighted by atomic mass is 16.5. The molecule has 26 heavy (non-hydrogen) atoms. The molecule has 0 aromatic heterocycles. The zero-order valence-corrected chi connectivity index (χ0v) is 15.6. The molecular weight excluding hydrogens is 332 g/mol. The number of carboxylic acid groups (broad SMARTS) is 1. The van der Waals surface area contributed by atoms with E-state index in [2.05, 4.69) is 6.92 Å². The summed E-state index contributed by atoms with van der Waals surface area (Å²) in [5.74, 6) is -0.929. The molecule has 1 aliphatic carbocycles. The molecule has 1 aromatic carbocycles. The van der Waals surface area contributed by atoms with Gasteiger partial charge in [-0.25, -0.2) is 4.79 Å². The Kier molecular flexibility index (Phi) is 8.62. The van der Waals surface area contributed by atoms with Gasteiger partial charge < -0.3 is 14.6 Å². The van der Waals surface area contributed by atoms with E-state index in [1.165, 1.54) is 49.9 Å². The van der Waals surface area contributed by atoms with Gasteiger partial charge in [0.15, 0.2) is 0 Å². The molecule has 2 rings (SSSR count). The molecule has 0 spiro atoms. The second-order valence-electron chi connectivity index (χ2n) is 7.01. The quantitative estimate of drug-likeness (QED) is 0.366. The summed E-state index contributed by atoms with van der Waals surface area (Å²) < 4.78 is 11.3. The average molecular weight is 362 g/mol. The minimum absolute atomic E-state index is 0.0986. The fourth-order valence-electron chi connectivity index (χ4n) is 3.29. The van der Waals surface area contributed by atoms with E-state index in [1.54, 1.807) is 0 Å². The standard InChI is InChI=1S/C21H30O5/c1-2-3-4-5-6-15-25-18-11-9-17(10-12-18)21(24)26-19-13-7-16(8-14-19)20(22)23/h7-8,13-14,17-18H,2-6,9-12,15H2,1H3,(H,22,23). The van der Waals surface area contributed by atoms with Gasteiger partial charge in [-0.05, 0) is 56.4 Å². The number of esters is 1. The molecule has 1 saturated carbocycles. The van der Waals surface area contributed by atoms with Crippen molar-refractivity contribution in [3.8, 4) is 5.75 Å². The lowest BCUT2D eigenvalue weighted by atomic mass is 9.87. The summed E-state index contributed by atoms with van der Waals surface area (Å²) in [6, 6.07) is 5.93. The Morgan fingerprint density at radius 2 is 1.65 bits per heavy atom. The van der Waals surface area contributed by atoms with Gasteiger partial charge in [0.1, 0.15) is 5.75 Å². The van der Waals surface area contributed by atoms with Crippen molar-refractivity contribution in [1.82, 2.24) is 0 Å². The first kappa shape index (κ1) is 20.4. The number of unbranched alkanes of at least 4 members (excludes halogenated alkanes) is 4. The Labute approximate surface area is 155 Å². The van der Waals surface area contributed by atoms with E-state index in [1.807, 2.05) is 0 Å². The molecule has 0 atom stereocenters. The Morgan fingerprint density at radius 3 is 2.27 bits per heavy atom. The molecule has 1 fully saturated rings. The van der Waals surface area contributed by atoms with Crippen LogP contribution in [0.15, 0.2) is 24.3 Å². The highest BCUT2D eigenvalue weighted by Crippen LogP contribution is 2.28. The summed E-state index contributed by atoms with van der Waals surface area (Å²) in [6.07, 6.45) is 9.81. The van der Waals surface area contributed by atoms with E-state index in [9.17, 15) is 9.59 Å². The van der Waals surface area contributed by atoms with Crippen LogP contribution in [0.25, 0.3) is 0 Å². The van der Waals surface area contributed by atoms with Crippen molar-refractivity contribution in [2.45, 2.75) is 70.8 Å². The molecular formula is C21H30O5. The van der Waals surface area contributed by atoms with E-state index in [4.69, 9.17) is 14.6 Å². The van der Waals surface area contributed by atoms with Crippen LogP contribution in [0.2, 0.25) is 0 Å². The highest BCUT2D eigenvalue weighted by molar-refractivity contribution is 5.87. The van der Waals surface area contributed by atoms with Gasteiger partial charge >= 0.3 is 11.9 Å². The van der Waals surface area contributed by atoms with Crippen molar-refractivity contribution in [2.24, 2.45) is 5.92 Å². The number of hydrogen-bond donors (Lipinski definition) is 1. The van der Waals surface area contributed by atoms with Crippen molar-refractivity contribution in [1.29, 1.82) is 0 Å². The van der Waals surface area contributed by atoms with E-state index in [-0.39, 0.29) is 23.6 Å². The zero-order chi connectivity index (χ0) is 18.8. The fourth-order valence-corrected chi connectivity index (χ4v) is 3.29. The number of aromatic carboxylic acids is 1. The maximum atomic E-state index is 12.3. The first-order valence-corrected chi connectivity index (χ1v) is 9.76. The first-order valence-electron chi connectivity index (χ1n) is 9.76. The predicted molar refractivity (Wildman–Crippen MR) is 99.5 cm³/mol. The Bertz CT molecular complexity index is 558. The molecule has 0 heterocycles. The molecule has 144 valence electrons. The van der Waals surface area contributed by atoms with Crippen LogP contribution in [0.1, 0.15) is 75.1 Å². The third-order valence-corrected chi connectivity index (χ3v) is 4.93. The number of carbonyl (C=O) groups is 2. The number of hydrogen-bond acceptors (Lipinski definition) is 4. The van der Waals surface area contributed by atoms with Gasteiger partial charge in [0.25, 0.3) is 0 Å². The molecule has 0 radical (unpaired) electrons. The topological polar surface area (TPSA) is 72.8 Å². The predicted octanol–water partition coefficient (Wildman–Crippen LogP) is 4.84. The number of carboxylic acids is 1. The number of ether oxygens (including phenoxy) is 2. The van der Waals surface area contributed by atoms with Crippen LogP contribution in [-0.4, -0.2) is 29.8 Å². The first-order chi connectivity index (χ1) is 12.6. The minimum atomic E-state index is -0.994. The average Bonchev–Trinajstić information content (AvgIpc) is 2.65. The Hall–Kier alpha value is -1.88. The maximum Gasteiger partial charge on any atom is 0.335 e. The highest BCUT2D eigenvalue weighted by Gasteiger charge is 2.28. The van der Waals surface area contributed by atoms with Crippen LogP contribution in [0.4, 0.5) is 0 Å². The van der Waals surface area contributed by atoms with Crippen LogP contribution < -0.4 is 4.74 Å². The maximum absolute atomic E-state index is 12.3. The van der Waals surface area contributed by atoms with Gasteiger partial charge in [0, 0.05) is 6.61 Å². The van der Waals surface area contributed by atoms with Crippen molar-refractivity contribution < 1.29 is 24.2 Å². The van der Waals surface area contributed by atoms with Crippen LogP contribution in [0.3, 0.4) is 0 Å². The summed E-state index contributed by atoms with van der Waals surface area (Å²) in [4.78, 5) is 23.1. The Morgan fingerprint density at radius 1 is 1.00 bits per heavy atom. The van der Waals surface area contributed by atoms with Crippen molar-refractivity contribution in [3.05, 3.63) is 29.8 Å². The monoisotopic (exact) mass is 362 g/mol. The molecule has 1 aromatic rings. The van der Waals surface area contributed by atoms with Gasteiger partial charge in [0.05, 0.1) is 17.6 Å². The van der Waals surface area contributed by atoms with E-state index >= 15 is 0 Å². The zero-order valence-electron chi connectivity index (χ0n) is 15.6. The Balaban J connectivity index is 1.65. The molecule has 0 bridgehead atoms. The van der Waals surface area contributed by atoms with Crippen LogP contribution in [0, 0.1) is 5.92 Å². The molecule has 0 aliphatic heterocycles. The molecule has 0 unspecified atom stereocenters. The molecule has 5 heteroatoms. The van der Waals surface area contributed by atoms with Gasteiger partial charge in [-0.3, -0.25) is 4.79 Å². The molecule has 1 N–H and O–H groups in total. The molecule has 0 amide bonds. The van der Waals surface area contributed by atoms with E-state index < -0.39 is 5.97 Å². The van der Waals surface area contributed by atoms with Gasteiger partial charge in [-0.2, -0.15) is 0 Å². The summed E-state index contributed by atoms with van der Waals surface area (Å²) in [6.45, 7) is 3.03. The lowest BCUT2D eigenvalue weighted by Gasteiger charge is -2.27. The third-order valence-electron chi connectivity index (χ3n) is 4.93. The smallest absolute Gasteiger partial charge is 0.335 e. The lowest BCUT2D eigenvalue weighted by Crippen LogP contribution is -2.29. The van der Waals surface area contributed by atoms with Crippen molar-refractivity contribution >= 4 is 11.9 Å². The van der Waals surface area contributed by atoms with Gasteiger partial charge in [0.2, 0.25) is 0 Å². The third kappa shape index (κ3) is 6.79.